The van der Waals surface area contributed by atoms with Crippen LogP contribution in [0, 0.1) is 18.3 Å². The molecule has 0 bridgehead atoms. The molecule has 1 aliphatic rings. The number of aromatic amines is 1. The summed E-state index contributed by atoms with van der Waals surface area (Å²) in [5.74, 6) is 1.07. The zero-order chi connectivity index (χ0) is 17.8. The van der Waals surface area contributed by atoms with Gasteiger partial charge in [0.05, 0.1) is 11.8 Å². The Morgan fingerprint density at radius 3 is 3.12 bits per heavy atom. The fraction of sp³-hybridized carbons (Fsp3) is 0.444. The number of nitrogens with zero attached hydrogens (tertiary/aromatic N) is 4. The van der Waals surface area contributed by atoms with Crippen LogP contribution < -0.4 is 10.2 Å². The molecular formula is C18H22N6O. The summed E-state index contributed by atoms with van der Waals surface area (Å²) in [6, 6.07) is 5.91. The normalized spacial score (nSPS) is 16.7. The number of hydrogen-bond donors (Lipinski definition) is 2. The molecule has 1 unspecified atom stereocenters. The Hall–Kier alpha value is -2.88. The largest absolute Gasteiger partial charge is 0.355 e. The van der Waals surface area contributed by atoms with Gasteiger partial charge in [0, 0.05) is 48.9 Å². The van der Waals surface area contributed by atoms with E-state index in [0.717, 1.165) is 42.3 Å². The maximum Gasteiger partial charge on any atom is 0.219 e. The molecule has 7 nitrogen and oxygen atoms in total. The summed E-state index contributed by atoms with van der Waals surface area (Å²) in [6.07, 6.45) is 3.21. The summed E-state index contributed by atoms with van der Waals surface area (Å²) in [4.78, 5) is 18.2. The fourth-order valence-electron chi connectivity index (χ4n) is 3.19. The number of aryl methyl sites for hydroxylation is 1. The smallest absolute Gasteiger partial charge is 0.219 e. The van der Waals surface area contributed by atoms with Crippen molar-refractivity contribution >= 4 is 11.7 Å². The first kappa shape index (κ1) is 17.0. The first-order chi connectivity index (χ1) is 12.1. The predicted molar refractivity (Wildman–Crippen MR) is 94.0 cm³/mol. The van der Waals surface area contributed by atoms with Crippen LogP contribution >= 0.6 is 0 Å². The Bertz CT molecular complexity index is 806. The quantitative estimate of drug-likeness (QED) is 0.869. The highest BCUT2D eigenvalue weighted by Crippen LogP contribution is 2.32. The van der Waals surface area contributed by atoms with E-state index in [-0.39, 0.29) is 11.8 Å². The molecular weight excluding hydrogens is 316 g/mol. The molecule has 3 rings (SSSR count). The van der Waals surface area contributed by atoms with Crippen LogP contribution in [0.25, 0.3) is 0 Å². The Kier molecular flexibility index (Phi) is 4.98. The van der Waals surface area contributed by atoms with Crippen LogP contribution in [0.3, 0.4) is 0 Å². The molecule has 25 heavy (non-hydrogen) atoms. The van der Waals surface area contributed by atoms with Gasteiger partial charge >= 0.3 is 0 Å². The number of aromatic nitrogens is 3. The lowest BCUT2D eigenvalue weighted by Gasteiger charge is -2.19. The SMILES string of the molecule is CCC(=O)NCc1cn[nH]c1C1CCN(c2nc(C)ccc2C#N)C1. The van der Waals surface area contributed by atoms with Gasteiger partial charge in [-0.05, 0) is 25.5 Å². The summed E-state index contributed by atoms with van der Waals surface area (Å²) in [5, 5.41) is 19.5. The van der Waals surface area contributed by atoms with E-state index in [0.29, 0.717) is 18.5 Å². The highest BCUT2D eigenvalue weighted by atomic mass is 16.1. The molecule has 1 atom stereocenters. The van der Waals surface area contributed by atoms with Crippen molar-refractivity contribution in [1.29, 1.82) is 5.26 Å². The second-order valence-corrected chi connectivity index (χ2v) is 6.31. The van der Waals surface area contributed by atoms with E-state index in [1.165, 1.54) is 0 Å². The molecule has 2 N–H and O–H groups in total. The average Bonchev–Trinajstić information content (AvgIpc) is 3.28. The molecule has 3 heterocycles. The number of H-pyrrole nitrogens is 1. The van der Waals surface area contributed by atoms with Gasteiger partial charge in [-0.1, -0.05) is 6.92 Å². The Morgan fingerprint density at radius 2 is 2.36 bits per heavy atom. The number of pyridine rings is 1. The van der Waals surface area contributed by atoms with Gasteiger partial charge in [-0.3, -0.25) is 9.89 Å². The summed E-state index contributed by atoms with van der Waals surface area (Å²) < 4.78 is 0. The van der Waals surface area contributed by atoms with Gasteiger partial charge in [-0.2, -0.15) is 10.4 Å². The standard InChI is InChI=1S/C18H22N6O/c1-3-16(25)20-9-15-10-21-23-17(15)14-6-7-24(11-14)18-13(8-19)5-4-12(2)22-18/h4-5,10,14H,3,6-7,9,11H2,1-2H3,(H,20,25)(H,21,23). The lowest BCUT2D eigenvalue weighted by Crippen LogP contribution is -2.23. The number of carbonyl (C=O) groups is 1. The Balaban J connectivity index is 1.74. The van der Waals surface area contributed by atoms with Crippen LogP contribution in [0.5, 0.6) is 0 Å². The van der Waals surface area contributed by atoms with Crippen molar-refractivity contribution in [3.8, 4) is 6.07 Å². The maximum atomic E-state index is 11.5. The number of hydrogen-bond acceptors (Lipinski definition) is 5. The lowest BCUT2D eigenvalue weighted by atomic mass is 10.0. The Morgan fingerprint density at radius 1 is 1.52 bits per heavy atom. The molecule has 0 radical (unpaired) electrons. The molecule has 2 aromatic heterocycles. The highest BCUT2D eigenvalue weighted by Gasteiger charge is 2.29. The van der Waals surface area contributed by atoms with Crippen molar-refractivity contribution in [2.24, 2.45) is 0 Å². The van der Waals surface area contributed by atoms with Crippen molar-refractivity contribution in [1.82, 2.24) is 20.5 Å². The van der Waals surface area contributed by atoms with Crippen LogP contribution in [-0.2, 0) is 11.3 Å². The molecule has 1 aliphatic heterocycles. The molecule has 1 saturated heterocycles. The predicted octanol–water partition coefficient (Wildman–Crippen LogP) is 2.00. The zero-order valence-electron chi connectivity index (χ0n) is 14.5. The molecule has 7 heteroatoms. The van der Waals surface area contributed by atoms with Crippen LogP contribution in [0.4, 0.5) is 5.82 Å². The van der Waals surface area contributed by atoms with E-state index in [9.17, 15) is 10.1 Å². The van der Waals surface area contributed by atoms with Gasteiger partial charge < -0.3 is 10.2 Å². The number of carbonyl (C=O) groups excluding carboxylic acids is 1. The first-order valence-electron chi connectivity index (χ1n) is 8.54. The van der Waals surface area contributed by atoms with E-state index >= 15 is 0 Å². The van der Waals surface area contributed by atoms with Gasteiger partial charge in [0.1, 0.15) is 11.9 Å². The van der Waals surface area contributed by atoms with Crippen molar-refractivity contribution in [3.63, 3.8) is 0 Å². The van der Waals surface area contributed by atoms with Crippen molar-refractivity contribution in [2.45, 2.75) is 39.2 Å². The number of anilines is 1. The van der Waals surface area contributed by atoms with Gasteiger partial charge in [-0.15, -0.1) is 0 Å². The summed E-state index contributed by atoms with van der Waals surface area (Å²) in [5.41, 5.74) is 3.59. The van der Waals surface area contributed by atoms with E-state index in [2.05, 4.69) is 31.5 Å². The molecule has 0 aromatic carbocycles. The first-order valence-corrected chi connectivity index (χ1v) is 8.54. The molecule has 2 aromatic rings. The summed E-state index contributed by atoms with van der Waals surface area (Å²) >= 11 is 0. The van der Waals surface area contributed by atoms with Crippen molar-refractivity contribution in [3.05, 3.63) is 40.8 Å². The van der Waals surface area contributed by atoms with E-state index in [1.807, 2.05) is 26.0 Å². The minimum atomic E-state index is 0.0304. The van der Waals surface area contributed by atoms with E-state index in [4.69, 9.17) is 0 Å². The third kappa shape index (κ3) is 3.63. The Labute approximate surface area is 147 Å². The summed E-state index contributed by atoms with van der Waals surface area (Å²) in [6.45, 7) is 5.88. The second-order valence-electron chi connectivity index (χ2n) is 6.31. The van der Waals surface area contributed by atoms with Gasteiger partial charge in [-0.25, -0.2) is 4.98 Å². The minimum absolute atomic E-state index is 0.0304. The number of nitriles is 1. The van der Waals surface area contributed by atoms with E-state index in [1.54, 1.807) is 6.20 Å². The highest BCUT2D eigenvalue weighted by molar-refractivity contribution is 5.75. The third-order valence-electron chi connectivity index (χ3n) is 4.58. The van der Waals surface area contributed by atoms with Gasteiger partial charge in [0.25, 0.3) is 0 Å². The number of rotatable bonds is 5. The minimum Gasteiger partial charge on any atom is -0.355 e. The zero-order valence-corrected chi connectivity index (χ0v) is 14.5. The number of amides is 1. The monoisotopic (exact) mass is 338 g/mol. The lowest BCUT2D eigenvalue weighted by molar-refractivity contribution is -0.120. The van der Waals surface area contributed by atoms with E-state index < -0.39 is 0 Å². The molecule has 0 spiro atoms. The van der Waals surface area contributed by atoms with Crippen molar-refractivity contribution in [2.75, 3.05) is 18.0 Å². The third-order valence-corrected chi connectivity index (χ3v) is 4.58. The van der Waals surface area contributed by atoms with Crippen LogP contribution in [-0.4, -0.2) is 34.2 Å². The van der Waals surface area contributed by atoms with Gasteiger partial charge in [0.2, 0.25) is 5.91 Å². The van der Waals surface area contributed by atoms with Crippen molar-refractivity contribution < 1.29 is 4.79 Å². The van der Waals surface area contributed by atoms with Crippen LogP contribution in [0.1, 0.15) is 48.2 Å². The maximum absolute atomic E-state index is 11.5. The molecule has 1 fully saturated rings. The molecule has 0 saturated carbocycles. The van der Waals surface area contributed by atoms with Crippen LogP contribution in [0.15, 0.2) is 18.3 Å². The molecule has 1 amide bonds. The van der Waals surface area contributed by atoms with Crippen LogP contribution in [0.2, 0.25) is 0 Å². The average molecular weight is 338 g/mol. The molecule has 130 valence electrons. The fourth-order valence-corrected chi connectivity index (χ4v) is 3.19. The molecule has 0 aliphatic carbocycles. The second kappa shape index (κ2) is 7.34. The summed E-state index contributed by atoms with van der Waals surface area (Å²) in [7, 11) is 0. The topological polar surface area (TPSA) is 97.7 Å². The number of nitrogens with one attached hydrogen (secondary N) is 2. The van der Waals surface area contributed by atoms with Gasteiger partial charge in [0.15, 0.2) is 0 Å².